The van der Waals surface area contributed by atoms with E-state index in [0.717, 1.165) is 27.9 Å². The molecule has 0 atom stereocenters. The van der Waals surface area contributed by atoms with Crippen LogP contribution < -0.4 is 4.90 Å². The lowest BCUT2D eigenvalue weighted by Gasteiger charge is -2.22. The van der Waals surface area contributed by atoms with Crippen LogP contribution in [0.1, 0.15) is 30.5 Å². The van der Waals surface area contributed by atoms with Crippen molar-refractivity contribution in [3.63, 3.8) is 0 Å². The molecule has 3 heterocycles. The van der Waals surface area contributed by atoms with Gasteiger partial charge in [-0.05, 0) is 43.2 Å². The Labute approximate surface area is 186 Å². The zero-order chi connectivity index (χ0) is 22.3. The lowest BCUT2D eigenvalue weighted by molar-refractivity contribution is -0.117. The summed E-state index contributed by atoms with van der Waals surface area (Å²) in [6.45, 7) is 3.90. The zero-order valence-electron chi connectivity index (χ0n) is 17.9. The molecule has 7 nitrogen and oxygen atoms in total. The Balaban J connectivity index is 1.46. The van der Waals surface area contributed by atoms with Gasteiger partial charge in [-0.15, -0.1) is 0 Å². The zero-order valence-corrected chi connectivity index (χ0v) is 17.9. The molecule has 1 aliphatic heterocycles. The van der Waals surface area contributed by atoms with E-state index in [0.29, 0.717) is 18.2 Å². The van der Waals surface area contributed by atoms with E-state index in [4.69, 9.17) is 4.98 Å². The summed E-state index contributed by atoms with van der Waals surface area (Å²) >= 11 is 0. The number of rotatable bonds is 5. The number of fused-ring (bicyclic) bond motifs is 1. The van der Waals surface area contributed by atoms with Crippen LogP contribution in [0.4, 0.5) is 5.82 Å². The van der Waals surface area contributed by atoms with Crippen LogP contribution in [0.5, 0.6) is 0 Å². The van der Waals surface area contributed by atoms with Gasteiger partial charge in [-0.2, -0.15) is 5.10 Å². The third-order valence-electron chi connectivity index (χ3n) is 5.61. The molecule has 0 saturated carbocycles. The van der Waals surface area contributed by atoms with E-state index in [1.807, 2.05) is 60.8 Å². The van der Waals surface area contributed by atoms with E-state index >= 15 is 0 Å². The van der Waals surface area contributed by atoms with Gasteiger partial charge in [0.15, 0.2) is 5.82 Å². The van der Waals surface area contributed by atoms with E-state index in [9.17, 15) is 9.90 Å². The van der Waals surface area contributed by atoms with Crippen molar-refractivity contribution >= 4 is 11.7 Å². The van der Waals surface area contributed by atoms with Crippen LogP contribution in [0.25, 0.3) is 17.1 Å². The summed E-state index contributed by atoms with van der Waals surface area (Å²) in [4.78, 5) is 23.7. The maximum atomic E-state index is 12.8. The summed E-state index contributed by atoms with van der Waals surface area (Å²) in [7, 11) is 0. The number of aromatic nitrogens is 4. The molecule has 2 aromatic carbocycles. The molecule has 0 spiro atoms. The minimum absolute atomic E-state index is 0.00150. The molecule has 1 N–H and O–H groups in total. The Morgan fingerprint density at radius 2 is 1.84 bits per heavy atom. The molecular formula is C25H23N5O2. The average molecular weight is 425 g/mol. The van der Waals surface area contributed by atoms with Crippen molar-refractivity contribution in [2.45, 2.75) is 32.4 Å². The second kappa shape index (κ2) is 7.69. The van der Waals surface area contributed by atoms with Crippen LogP contribution in [-0.2, 0) is 23.4 Å². The largest absolute Gasteiger partial charge is 0.386 e. The topological polar surface area (TPSA) is 84.1 Å². The number of amides is 1. The molecule has 7 heteroatoms. The van der Waals surface area contributed by atoms with Gasteiger partial charge in [0.2, 0.25) is 5.91 Å². The van der Waals surface area contributed by atoms with Gasteiger partial charge in [-0.3, -0.25) is 9.69 Å². The highest BCUT2D eigenvalue weighted by atomic mass is 16.3. The molecule has 0 fully saturated rings. The first-order valence-corrected chi connectivity index (χ1v) is 10.5. The van der Waals surface area contributed by atoms with E-state index in [-0.39, 0.29) is 12.3 Å². The fourth-order valence-electron chi connectivity index (χ4n) is 4.00. The van der Waals surface area contributed by atoms with Crippen LogP contribution in [0.15, 0.2) is 73.2 Å². The Hall–Kier alpha value is -3.84. The smallest absolute Gasteiger partial charge is 0.233 e. The summed E-state index contributed by atoms with van der Waals surface area (Å²) < 4.78 is 1.79. The van der Waals surface area contributed by atoms with Gasteiger partial charge in [-0.1, -0.05) is 36.4 Å². The second-order valence-corrected chi connectivity index (χ2v) is 8.42. The molecule has 0 bridgehead atoms. The summed E-state index contributed by atoms with van der Waals surface area (Å²) in [6.07, 6.45) is 5.63. The predicted octanol–water partition coefficient (Wildman–Crippen LogP) is 3.65. The molecule has 0 aliphatic carbocycles. The van der Waals surface area contributed by atoms with E-state index in [2.05, 4.69) is 10.1 Å². The quantitative estimate of drug-likeness (QED) is 0.528. The standard InChI is InChI=1S/C25H23N5O2/c1-25(2,32)21-7-4-3-6-20(21)23-26-15-18-14-22(31)29(24(18)28-23)16-17-8-10-19(11-9-17)30-13-5-12-27-30/h3-13,15,32H,14,16H2,1-2H3. The molecule has 0 saturated heterocycles. The third-order valence-corrected chi connectivity index (χ3v) is 5.61. The fraction of sp³-hybridized carbons (Fsp3) is 0.200. The number of hydrogen-bond donors (Lipinski definition) is 1. The number of hydrogen-bond acceptors (Lipinski definition) is 5. The monoisotopic (exact) mass is 425 g/mol. The van der Waals surface area contributed by atoms with Crippen molar-refractivity contribution in [2.24, 2.45) is 0 Å². The Morgan fingerprint density at radius 1 is 1.06 bits per heavy atom. The number of carbonyl (C=O) groups is 1. The number of nitrogens with zero attached hydrogens (tertiary/aromatic N) is 5. The van der Waals surface area contributed by atoms with Crippen molar-refractivity contribution in [1.29, 1.82) is 0 Å². The van der Waals surface area contributed by atoms with Gasteiger partial charge in [0.25, 0.3) is 0 Å². The number of benzene rings is 2. The van der Waals surface area contributed by atoms with Crippen LogP contribution in [-0.4, -0.2) is 30.8 Å². The van der Waals surface area contributed by atoms with Crippen molar-refractivity contribution in [3.8, 4) is 17.1 Å². The van der Waals surface area contributed by atoms with Crippen molar-refractivity contribution < 1.29 is 9.90 Å². The number of carbonyl (C=O) groups excluding carboxylic acids is 1. The highest BCUT2D eigenvalue weighted by Gasteiger charge is 2.30. The van der Waals surface area contributed by atoms with Gasteiger partial charge < -0.3 is 5.11 Å². The highest BCUT2D eigenvalue weighted by Crippen LogP contribution is 2.33. The Morgan fingerprint density at radius 3 is 2.56 bits per heavy atom. The summed E-state index contributed by atoms with van der Waals surface area (Å²) in [5, 5.41) is 14.8. The molecule has 4 aromatic rings. The first kappa shape index (κ1) is 20.1. The average Bonchev–Trinajstić information content (AvgIpc) is 3.42. The first-order chi connectivity index (χ1) is 15.4. The SMILES string of the molecule is CC(C)(O)c1ccccc1-c1ncc2c(n1)N(Cc1ccc(-n3cccn3)cc1)C(=O)C2. The molecular weight excluding hydrogens is 402 g/mol. The molecule has 0 radical (unpaired) electrons. The third kappa shape index (κ3) is 3.67. The normalized spacial score (nSPS) is 13.5. The minimum Gasteiger partial charge on any atom is -0.386 e. The van der Waals surface area contributed by atoms with Gasteiger partial charge in [-0.25, -0.2) is 14.6 Å². The van der Waals surface area contributed by atoms with Crippen molar-refractivity contribution in [3.05, 3.63) is 89.9 Å². The van der Waals surface area contributed by atoms with E-state index in [1.165, 1.54) is 0 Å². The predicted molar refractivity (Wildman–Crippen MR) is 121 cm³/mol. The van der Waals surface area contributed by atoms with Crippen LogP contribution in [0, 0.1) is 0 Å². The van der Waals surface area contributed by atoms with Gasteiger partial charge >= 0.3 is 0 Å². The molecule has 2 aromatic heterocycles. The lowest BCUT2D eigenvalue weighted by atomic mass is 9.93. The lowest BCUT2D eigenvalue weighted by Crippen LogP contribution is -2.26. The van der Waals surface area contributed by atoms with E-state index < -0.39 is 5.60 Å². The number of anilines is 1. The van der Waals surface area contributed by atoms with Gasteiger partial charge in [0, 0.05) is 29.7 Å². The highest BCUT2D eigenvalue weighted by molar-refractivity contribution is 6.00. The minimum atomic E-state index is -1.04. The van der Waals surface area contributed by atoms with Crippen LogP contribution >= 0.6 is 0 Å². The molecule has 1 aliphatic rings. The summed E-state index contributed by atoms with van der Waals surface area (Å²) in [5.74, 6) is 1.12. The molecule has 160 valence electrons. The first-order valence-electron chi connectivity index (χ1n) is 10.5. The summed E-state index contributed by atoms with van der Waals surface area (Å²) in [5.41, 5.74) is 3.23. The maximum absolute atomic E-state index is 12.8. The molecule has 1 amide bonds. The maximum Gasteiger partial charge on any atom is 0.233 e. The molecule has 5 rings (SSSR count). The van der Waals surface area contributed by atoms with E-state index in [1.54, 1.807) is 35.8 Å². The van der Waals surface area contributed by atoms with Gasteiger partial charge in [0.1, 0.15) is 5.82 Å². The Kier molecular flexibility index (Phi) is 4.83. The Bertz CT molecular complexity index is 1270. The molecule has 0 unspecified atom stereocenters. The second-order valence-electron chi connectivity index (χ2n) is 8.42. The van der Waals surface area contributed by atoms with Gasteiger partial charge in [0.05, 0.1) is 24.3 Å². The van der Waals surface area contributed by atoms with Crippen molar-refractivity contribution in [2.75, 3.05) is 4.90 Å². The summed E-state index contributed by atoms with van der Waals surface area (Å²) in [6, 6.07) is 17.4. The fourth-order valence-corrected chi connectivity index (χ4v) is 4.00. The van der Waals surface area contributed by atoms with Crippen LogP contribution in [0.2, 0.25) is 0 Å². The number of aliphatic hydroxyl groups is 1. The van der Waals surface area contributed by atoms with Crippen molar-refractivity contribution in [1.82, 2.24) is 19.7 Å². The molecule has 32 heavy (non-hydrogen) atoms. The van der Waals surface area contributed by atoms with Crippen LogP contribution in [0.3, 0.4) is 0 Å².